The Balaban J connectivity index is 1.35. The fourth-order valence-corrected chi connectivity index (χ4v) is 6.80. The zero-order chi connectivity index (χ0) is 28.4. The van der Waals surface area contributed by atoms with Crippen molar-refractivity contribution in [2.45, 2.75) is 84.7 Å². The fourth-order valence-electron chi connectivity index (χ4n) is 6.80. The maximum Gasteiger partial charge on any atom is 0.237 e. The summed E-state index contributed by atoms with van der Waals surface area (Å²) in [4.78, 5) is 28.3. The summed E-state index contributed by atoms with van der Waals surface area (Å²) >= 11 is 0. The quantitative estimate of drug-likeness (QED) is 0.379. The first-order valence-corrected chi connectivity index (χ1v) is 14.9. The van der Waals surface area contributed by atoms with Gasteiger partial charge in [-0.2, -0.15) is 0 Å². The highest BCUT2D eigenvalue weighted by atomic mass is 16.2. The molecule has 5 nitrogen and oxygen atoms in total. The van der Waals surface area contributed by atoms with E-state index in [0.717, 1.165) is 42.5 Å². The Morgan fingerprint density at radius 3 is 2.33 bits per heavy atom. The van der Waals surface area contributed by atoms with Gasteiger partial charge in [-0.1, -0.05) is 61.0 Å². The van der Waals surface area contributed by atoms with Gasteiger partial charge in [0, 0.05) is 18.7 Å². The van der Waals surface area contributed by atoms with Crippen LogP contribution >= 0.6 is 0 Å². The highest BCUT2D eigenvalue weighted by molar-refractivity contribution is 5.95. The van der Waals surface area contributed by atoms with Crippen molar-refractivity contribution in [3.05, 3.63) is 99.1 Å². The molecule has 5 rings (SSSR count). The normalized spacial score (nSPS) is 17.3. The molecule has 3 aromatic carbocycles. The lowest BCUT2D eigenvalue weighted by molar-refractivity contribution is -0.123. The zero-order valence-electron chi connectivity index (χ0n) is 24.4. The van der Waals surface area contributed by atoms with Crippen LogP contribution in [0.2, 0.25) is 0 Å². The fraction of sp³-hybridized carbons (Fsp3) is 0.429. The Bertz CT molecular complexity index is 1360. The van der Waals surface area contributed by atoms with Crippen molar-refractivity contribution >= 4 is 17.5 Å². The molecule has 1 aliphatic heterocycles. The Labute approximate surface area is 239 Å². The second-order valence-electron chi connectivity index (χ2n) is 12.0. The summed E-state index contributed by atoms with van der Waals surface area (Å²) < 4.78 is 0. The van der Waals surface area contributed by atoms with Crippen LogP contribution in [-0.2, 0) is 35.3 Å². The Morgan fingerprint density at radius 2 is 1.68 bits per heavy atom. The van der Waals surface area contributed by atoms with Crippen molar-refractivity contribution in [2.75, 3.05) is 11.4 Å². The molecule has 5 heteroatoms. The predicted molar refractivity (Wildman–Crippen MR) is 163 cm³/mol. The van der Waals surface area contributed by atoms with E-state index in [2.05, 4.69) is 80.7 Å². The van der Waals surface area contributed by atoms with Gasteiger partial charge in [0.15, 0.2) is 0 Å². The summed E-state index contributed by atoms with van der Waals surface area (Å²) in [5, 5.41) is 3.27. The van der Waals surface area contributed by atoms with Crippen LogP contribution in [0.1, 0.15) is 76.7 Å². The van der Waals surface area contributed by atoms with Crippen LogP contribution in [-0.4, -0.2) is 24.4 Å². The van der Waals surface area contributed by atoms with Crippen molar-refractivity contribution in [3.63, 3.8) is 0 Å². The van der Waals surface area contributed by atoms with Crippen LogP contribution in [0.15, 0.2) is 54.6 Å². The first-order chi connectivity index (χ1) is 19.2. The topological polar surface area (TPSA) is 75.4 Å². The number of carbonyl (C=O) groups excluding carboxylic acids is 2. The van der Waals surface area contributed by atoms with Gasteiger partial charge in [0.1, 0.15) is 0 Å². The van der Waals surface area contributed by atoms with Crippen LogP contribution in [0.25, 0.3) is 0 Å². The van der Waals surface area contributed by atoms with Gasteiger partial charge < -0.3 is 16.0 Å². The van der Waals surface area contributed by atoms with Crippen LogP contribution in [0.4, 0.5) is 5.69 Å². The maximum absolute atomic E-state index is 13.4. The molecule has 210 valence electrons. The lowest BCUT2D eigenvalue weighted by atomic mass is 9.89. The van der Waals surface area contributed by atoms with Crippen molar-refractivity contribution in [1.29, 1.82) is 0 Å². The molecule has 0 bridgehead atoms. The number of nitrogens with zero attached hydrogens (tertiary/aromatic N) is 1. The molecule has 0 aromatic heterocycles. The molecule has 2 unspecified atom stereocenters. The van der Waals surface area contributed by atoms with Gasteiger partial charge in [0.25, 0.3) is 0 Å². The van der Waals surface area contributed by atoms with Crippen LogP contribution in [0.5, 0.6) is 0 Å². The number of nitrogens with two attached hydrogens (primary N) is 1. The smallest absolute Gasteiger partial charge is 0.237 e. The molecular formula is C35H43N3O2. The zero-order valence-corrected chi connectivity index (χ0v) is 24.4. The minimum atomic E-state index is -0.636. The number of amides is 2. The lowest BCUT2D eigenvalue weighted by Gasteiger charge is -2.35. The number of fused-ring (bicyclic) bond motifs is 2. The molecule has 0 fully saturated rings. The molecule has 0 radical (unpaired) electrons. The third-order valence-corrected chi connectivity index (χ3v) is 8.74. The molecule has 2 aliphatic rings. The van der Waals surface area contributed by atoms with E-state index in [1.165, 1.54) is 33.4 Å². The minimum Gasteiger partial charge on any atom is -0.348 e. The van der Waals surface area contributed by atoms with E-state index >= 15 is 0 Å². The molecule has 3 aromatic rings. The monoisotopic (exact) mass is 537 g/mol. The van der Waals surface area contributed by atoms with E-state index in [1.54, 1.807) is 0 Å². The summed E-state index contributed by atoms with van der Waals surface area (Å²) in [7, 11) is 0. The molecule has 2 atom stereocenters. The van der Waals surface area contributed by atoms with Crippen molar-refractivity contribution in [2.24, 2.45) is 11.7 Å². The van der Waals surface area contributed by atoms with E-state index in [-0.39, 0.29) is 17.9 Å². The van der Waals surface area contributed by atoms with Gasteiger partial charge in [0.05, 0.1) is 12.1 Å². The molecule has 40 heavy (non-hydrogen) atoms. The molecule has 3 N–H and O–H groups in total. The maximum atomic E-state index is 13.4. The van der Waals surface area contributed by atoms with Gasteiger partial charge in [-0.15, -0.1) is 0 Å². The SMILES string of the molecule is CCCC(=O)N1CCC(NC(=O)C(N)Cc2c(C)cc(C)cc2C)c2cc(CC3Cc4ccccc4C3)ccc21. The number of nitrogens with one attached hydrogen (secondary N) is 1. The number of anilines is 1. The summed E-state index contributed by atoms with van der Waals surface area (Å²) in [5.41, 5.74) is 17.3. The van der Waals surface area contributed by atoms with Gasteiger partial charge in [-0.25, -0.2) is 0 Å². The van der Waals surface area contributed by atoms with Crippen molar-refractivity contribution < 1.29 is 9.59 Å². The van der Waals surface area contributed by atoms with E-state index < -0.39 is 6.04 Å². The summed E-state index contributed by atoms with van der Waals surface area (Å²) in [6.07, 6.45) is 5.71. The van der Waals surface area contributed by atoms with Gasteiger partial charge in [0.2, 0.25) is 11.8 Å². The number of aryl methyl sites for hydroxylation is 3. The number of hydrogen-bond donors (Lipinski definition) is 2. The lowest BCUT2D eigenvalue weighted by Crippen LogP contribution is -2.46. The van der Waals surface area contributed by atoms with E-state index in [4.69, 9.17) is 5.73 Å². The predicted octanol–water partition coefficient (Wildman–Crippen LogP) is 5.83. The first-order valence-electron chi connectivity index (χ1n) is 14.9. The molecule has 2 amide bonds. The summed E-state index contributed by atoms with van der Waals surface area (Å²) in [6.45, 7) is 8.89. The van der Waals surface area contributed by atoms with Crippen LogP contribution in [0, 0.1) is 26.7 Å². The second kappa shape index (κ2) is 12.0. The second-order valence-corrected chi connectivity index (χ2v) is 12.0. The third-order valence-electron chi connectivity index (χ3n) is 8.74. The molecule has 0 saturated heterocycles. The van der Waals surface area contributed by atoms with E-state index in [9.17, 15) is 9.59 Å². The molecule has 0 saturated carbocycles. The Morgan fingerprint density at radius 1 is 1.00 bits per heavy atom. The standard InChI is InChI=1S/C35H43N3O2/c1-5-8-34(39)38-14-13-32(37-35(40)31(36)21-29-23(3)15-22(2)16-24(29)4)30-20-25(11-12-33(30)38)17-26-18-27-9-6-7-10-28(27)19-26/h6-7,9-12,15-16,20,26,31-32H,5,8,13-14,17-19,21,36H2,1-4H3,(H,37,40). The molecular weight excluding hydrogens is 494 g/mol. The Kier molecular flexibility index (Phi) is 8.41. The highest BCUT2D eigenvalue weighted by Crippen LogP contribution is 2.37. The van der Waals surface area contributed by atoms with Gasteiger partial charge in [-0.05, 0) is 110 Å². The number of carbonyl (C=O) groups is 2. The Hall–Kier alpha value is -3.44. The summed E-state index contributed by atoms with van der Waals surface area (Å²) in [5.74, 6) is 0.578. The van der Waals surface area contributed by atoms with Crippen LogP contribution < -0.4 is 16.0 Å². The highest BCUT2D eigenvalue weighted by Gasteiger charge is 2.31. The van der Waals surface area contributed by atoms with E-state index in [0.29, 0.717) is 31.7 Å². The van der Waals surface area contributed by atoms with Crippen molar-refractivity contribution in [3.8, 4) is 0 Å². The van der Waals surface area contributed by atoms with Gasteiger partial charge >= 0.3 is 0 Å². The van der Waals surface area contributed by atoms with Crippen LogP contribution in [0.3, 0.4) is 0 Å². The molecule has 1 aliphatic carbocycles. The molecule has 1 heterocycles. The average Bonchev–Trinajstić information content (AvgIpc) is 3.33. The largest absolute Gasteiger partial charge is 0.348 e. The van der Waals surface area contributed by atoms with E-state index in [1.807, 2.05) is 11.8 Å². The number of benzene rings is 3. The average molecular weight is 538 g/mol. The number of rotatable bonds is 8. The molecule has 0 spiro atoms. The first kappa shape index (κ1) is 28.1. The minimum absolute atomic E-state index is 0.139. The third kappa shape index (κ3) is 6.00. The van der Waals surface area contributed by atoms with Crippen molar-refractivity contribution in [1.82, 2.24) is 5.32 Å². The summed E-state index contributed by atoms with van der Waals surface area (Å²) in [6, 6.07) is 18.7. The number of hydrogen-bond acceptors (Lipinski definition) is 3. The van der Waals surface area contributed by atoms with Gasteiger partial charge in [-0.3, -0.25) is 9.59 Å².